The number of nitrogens with zero attached hydrogens (tertiary/aromatic N) is 6. The van der Waals surface area contributed by atoms with Crippen molar-refractivity contribution in [3.05, 3.63) is 75.8 Å². The fourth-order valence-corrected chi connectivity index (χ4v) is 7.13. The molecule has 3 aromatic rings. The number of carbonyl (C=O) groups is 6. The molecule has 0 atom stereocenters. The molecule has 0 radical (unpaired) electrons. The van der Waals surface area contributed by atoms with Crippen molar-refractivity contribution in [1.82, 2.24) is 40.5 Å². The molecular weight excluding hydrogens is 925 g/mol. The van der Waals surface area contributed by atoms with E-state index in [0.29, 0.717) is 102 Å². The molecule has 2 fully saturated rings. The predicted molar refractivity (Wildman–Crippen MR) is 247 cm³/mol. The molecule has 0 unspecified atom stereocenters. The fourth-order valence-electron chi connectivity index (χ4n) is 7.01. The summed E-state index contributed by atoms with van der Waals surface area (Å²) in [6.45, 7) is 8.04. The number of hydrogen-bond acceptors (Lipinski definition) is 16. The van der Waals surface area contributed by atoms with Gasteiger partial charge in [-0.05, 0) is 87.4 Å². The number of nitrogens with one attached hydrogen (secondary N) is 3. The van der Waals surface area contributed by atoms with Gasteiger partial charge in [-0.15, -0.1) is 10.2 Å². The highest BCUT2D eigenvalue weighted by Crippen LogP contribution is 2.22. The Morgan fingerprint density at radius 2 is 1.46 bits per heavy atom. The van der Waals surface area contributed by atoms with Gasteiger partial charge in [0.25, 0.3) is 17.7 Å². The van der Waals surface area contributed by atoms with E-state index in [1.165, 1.54) is 18.6 Å². The number of rotatable bonds is 31. The minimum atomic E-state index is -0.747. The summed E-state index contributed by atoms with van der Waals surface area (Å²) in [7, 11) is 1.95. The lowest BCUT2D eigenvalue weighted by atomic mass is 10.0. The fraction of sp³-hybridized carbons (Fsp3) is 0.565. The minimum absolute atomic E-state index is 0.0390. The summed E-state index contributed by atoms with van der Waals surface area (Å²) in [6, 6.07) is 9.24. The van der Waals surface area contributed by atoms with Gasteiger partial charge in [0.15, 0.2) is 0 Å². The van der Waals surface area contributed by atoms with Crippen molar-refractivity contribution in [3.8, 4) is 0 Å². The van der Waals surface area contributed by atoms with Crippen LogP contribution in [0.2, 0.25) is 5.02 Å². The molecule has 2 aliphatic rings. The van der Waals surface area contributed by atoms with Crippen LogP contribution in [0.3, 0.4) is 0 Å². The van der Waals surface area contributed by atoms with E-state index < -0.39 is 41.3 Å². The molecule has 0 saturated carbocycles. The molecule has 0 spiro atoms. The van der Waals surface area contributed by atoms with E-state index in [0.717, 1.165) is 43.1 Å². The minimum Gasteiger partial charge on any atom is -0.378 e. The monoisotopic (exact) mass is 987 g/mol. The molecule has 0 aliphatic carbocycles. The third-order valence-corrected chi connectivity index (χ3v) is 11.1. The van der Waals surface area contributed by atoms with Gasteiger partial charge in [-0.2, -0.15) is 0 Å². The molecule has 2 aliphatic heterocycles. The van der Waals surface area contributed by atoms with Crippen LogP contribution in [0.25, 0.3) is 0 Å². The molecule has 69 heavy (non-hydrogen) atoms. The molecule has 0 bridgehead atoms. The van der Waals surface area contributed by atoms with Gasteiger partial charge in [-0.1, -0.05) is 29.3 Å². The lowest BCUT2D eigenvalue weighted by Crippen LogP contribution is -2.40. The van der Waals surface area contributed by atoms with Crippen LogP contribution in [-0.4, -0.2) is 165 Å². The van der Waals surface area contributed by atoms with Crippen LogP contribution in [0.5, 0.6) is 0 Å². The smallest absolute Gasteiger partial charge is 0.335 e. The molecule has 2 saturated heterocycles. The van der Waals surface area contributed by atoms with Crippen LogP contribution in [-0.2, 0) is 78.7 Å². The second-order valence-corrected chi connectivity index (χ2v) is 16.7. The number of ether oxygens (including phenoxy) is 5. The number of imide groups is 1. The Morgan fingerprint density at radius 3 is 2.20 bits per heavy atom. The van der Waals surface area contributed by atoms with Gasteiger partial charge in [0.1, 0.15) is 11.5 Å². The van der Waals surface area contributed by atoms with Gasteiger partial charge in [0.05, 0.1) is 90.3 Å². The lowest BCUT2D eigenvalue weighted by Gasteiger charge is -2.27. The summed E-state index contributed by atoms with van der Waals surface area (Å²) in [5.74, 6) is -4.29. The van der Waals surface area contributed by atoms with Crippen molar-refractivity contribution in [2.24, 2.45) is 0 Å². The van der Waals surface area contributed by atoms with Crippen molar-refractivity contribution in [1.29, 1.82) is 0 Å². The van der Waals surface area contributed by atoms with Crippen molar-refractivity contribution >= 4 is 52.8 Å². The first kappa shape index (κ1) is 54.5. The Kier molecular flexibility index (Phi) is 23.9. The SMILES string of the molecule is CN(CCCNC(=O)C(=O)NCc1ccc(C(=O)Nc2ccc(Cl)c(F)c2)cc1CN1CCCCC1)CCOCCOCCOCc1cn(CCOCCOCCC(=O)ON2C(=O)CCC2=O)nn1. The standard InChI is InChI=1S/C46H63ClFN9O12/c1-54(17-20-65-24-25-67-26-27-68-33-38-32-56(53-52-38)18-21-66-23-22-64-19-12-43(60)69-57-41(58)10-11-42(57)59)14-5-13-49-45(62)46(63)50-30-35-7-6-34(28-36(35)31-55-15-3-2-4-16-55)44(61)51-37-8-9-39(47)40(48)29-37/h6-9,28-29,32H,2-5,10-27,30-31,33H2,1H3,(H,49,62)(H,50,63)(H,51,61). The number of hydrogen-bond donors (Lipinski definition) is 3. The van der Waals surface area contributed by atoms with Crippen molar-refractivity contribution < 1.29 is 61.7 Å². The van der Waals surface area contributed by atoms with E-state index in [2.05, 4.69) is 36.1 Å². The highest BCUT2D eigenvalue weighted by molar-refractivity contribution is 6.35. The van der Waals surface area contributed by atoms with E-state index >= 15 is 0 Å². The Labute approximate surface area is 405 Å². The maximum absolute atomic E-state index is 14.0. The Balaban J connectivity index is 0.832. The van der Waals surface area contributed by atoms with Gasteiger partial charge in [-0.25, -0.2) is 13.9 Å². The van der Waals surface area contributed by atoms with Crippen molar-refractivity contribution in [2.75, 3.05) is 105 Å². The largest absolute Gasteiger partial charge is 0.378 e. The summed E-state index contributed by atoms with van der Waals surface area (Å²) in [5.41, 5.74) is 2.97. The van der Waals surface area contributed by atoms with Gasteiger partial charge < -0.3 is 49.4 Å². The average Bonchev–Trinajstić information content (AvgIpc) is 3.93. The number of hydroxylamine groups is 2. The normalized spacial score (nSPS) is 14.1. The molecule has 21 nitrogen and oxygen atoms in total. The first-order valence-electron chi connectivity index (χ1n) is 23.1. The first-order valence-corrected chi connectivity index (χ1v) is 23.5. The van der Waals surface area contributed by atoms with Crippen LogP contribution in [0, 0.1) is 5.82 Å². The second kappa shape index (κ2) is 30.2. The third kappa shape index (κ3) is 20.2. The lowest BCUT2D eigenvalue weighted by molar-refractivity contribution is -0.198. The average molecular weight is 989 g/mol. The summed E-state index contributed by atoms with van der Waals surface area (Å²) < 4.78 is 43.3. The number of aromatic nitrogens is 3. The first-order chi connectivity index (χ1) is 33.4. The third-order valence-electron chi connectivity index (χ3n) is 10.8. The molecule has 23 heteroatoms. The van der Waals surface area contributed by atoms with Crippen molar-refractivity contribution in [3.63, 3.8) is 0 Å². The number of amides is 5. The molecule has 3 N–H and O–H groups in total. The van der Waals surface area contributed by atoms with Gasteiger partial charge in [-0.3, -0.25) is 28.9 Å². The summed E-state index contributed by atoms with van der Waals surface area (Å²) in [5, 5.41) is 16.7. The zero-order valence-electron chi connectivity index (χ0n) is 39.1. The number of halogens is 2. The maximum atomic E-state index is 14.0. The number of piperidine rings is 1. The van der Waals surface area contributed by atoms with E-state index in [1.54, 1.807) is 29.1 Å². The zero-order valence-corrected chi connectivity index (χ0v) is 39.8. The van der Waals surface area contributed by atoms with Gasteiger partial charge in [0.2, 0.25) is 0 Å². The van der Waals surface area contributed by atoms with Crippen LogP contribution >= 0.6 is 11.6 Å². The van der Waals surface area contributed by atoms with Crippen LogP contribution in [0.1, 0.15) is 72.1 Å². The Hall–Kier alpha value is -5.46. The highest BCUT2D eigenvalue weighted by Gasteiger charge is 2.32. The summed E-state index contributed by atoms with van der Waals surface area (Å²) >= 11 is 5.78. The predicted octanol–water partition coefficient (Wildman–Crippen LogP) is 2.64. The van der Waals surface area contributed by atoms with E-state index in [4.69, 9.17) is 40.1 Å². The molecule has 1 aromatic heterocycles. The Morgan fingerprint density at radius 1 is 0.783 bits per heavy atom. The highest BCUT2D eigenvalue weighted by atomic mass is 35.5. The zero-order chi connectivity index (χ0) is 49.2. The molecule has 3 heterocycles. The number of likely N-dealkylation sites (tertiary alicyclic amines) is 1. The molecule has 378 valence electrons. The number of anilines is 1. The van der Waals surface area contributed by atoms with Gasteiger partial charge in [0, 0.05) is 50.3 Å². The quantitative estimate of drug-likeness (QED) is 0.0478. The molecule has 2 aromatic carbocycles. The van der Waals surface area contributed by atoms with Crippen LogP contribution < -0.4 is 16.0 Å². The van der Waals surface area contributed by atoms with Crippen LogP contribution in [0.15, 0.2) is 42.6 Å². The number of likely N-dealkylation sites (N-methyl/N-ethyl adjacent to an activating group) is 1. The summed E-state index contributed by atoms with van der Waals surface area (Å²) in [6.07, 6.45) is 5.70. The Bertz CT molecular complexity index is 2130. The molecular formula is C46H63ClFN9O12. The van der Waals surface area contributed by atoms with E-state index in [-0.39, 0.29) is 56.3 Å². The summed E-state index contributed by atoms with van der Waals surface area (Å²) in [4.78, 5) is 82.3. The maximum Gasteiger partial charge on any atom is 0.335 e. The van der Waals surface area contributed by atoms with E-state index in [1.807, 2.05) is 7.05 Å². The topological polar surface area (TPSA) is 234 Å². The van der Waals surface area contributed by atoms with E-state index in [9.17, 15) is 33.2 Å². The second-order valence-electron chi connectivity index (χ2n) is 16.3. The van der Waals surface area contributed by atoms with Crippen LogP contribution in [0.4, 0.5) is 10.1 Å². The molecule has 5 amide bonds. The number of benzene rings is 2. The number of carbonyl (C=O) groups excluding carboxylic acids is 6. The molecule has 5 rings (SSSR count). The van der Waals surface area contributed by atoms with Crippen molar-refractivity contribution in [2.45, 2.75) is 71.2 Å². The van der Waals surface area contributed by atoms with Gasteiger partial charge >= 0.3 is 17.8 Å².